The van der Waals surface area contributed by atoms with Gasteiger partial charge >= 0.3 is 13.8 Å². The monoisotopic (exact) mass is 913 g/mol. The lowest BCUT2D eigenvalue weighted by atomic mass is 9.85. The minimum Gasteiger partial charge on any atom is -0.457 e. The lowest BCUT2D eigenvalue weighted by Gasteiger charge is -2.41. The van der Waals surface area contributed by atoms with Crippen LogP contribution in [0.3, 0.4) is 0 Å². The molecule has 13 heteroatoms. The summed E-state index contributed by atoms with van der Waals surface area (Å²) in [4.78, 5) is 23.2. The van der Waals surface area contributed by atoms with Gasteiger partial charge in [-0.3, -0.25) is 13.8 Å². The standard InChI is InChI=1S/C50H89O12P/c1-3-5-7-9-11-13-15-17-19-21-22-23-24-26-28-30-32-34-36-38-40-59-41-43(42-60-63(57,58)62-50-48(55)46(53)45(52)47(54)49(50)56)61-44(51)39-37-35-33-31-29-27-25-20-18-16-14-12-10-8-6-4-2/h5,7,11,13,17,19,22-23,26,28,43,45-50,52-56H,3-4,6,8-10,12,14-16,18,20-21,24-25,27,29-42H2,1-2H3,(H,57,58)/b7-5-,13-11-,19-17-,23-22-,28-26-. The number of allylic oxidation sites excluding steroid dienone is 10. The minimum absolute atomic E-state index is 0.0942. The molecule has 0 saturated heterocycles. The van der Waals surface area contributed by atoms with Gasteiger partial charge < -0.3 is 39.9 Å². The van der Waals surface area contributed by atoms with E-state index >= 15 is 0 Å². The summed E-state index contributed by atoms with van der Waals surface area (Å²) < 4.78 is 34.2. The molecule has 0 bridgehead atoms. The van der Waals surface area contributed by atoms with Crippen LogP contribution in [0, 0.1) is 0 Å². The molecule has 63 heavy (non-hydrogen) atoms. The van der Waals surface area contributed by atoms with E-state index in [0.29, 0.717) is 13.0 Å². The van der Waals surface area contributed by atoms with Crippen molar-refractivity contribution in [3.8, 4) is 0 Å². The molecule has 0 heterocycles. The molecule has 1 rings (SSSR count). The highest BCUT2D eigenvalue weighted by atomic mass is 31.2. The Balaban J connectivity index is 2.39. The quantitative estimate of drug-likeness (QED) is 0.0147. The van der Waals surface area contributed by atoms with E-state index in [1.807, 2.05) is 0 Å². The van der Waals surface area contributed by atoms with E-state index in [4.69, 9.17) is 18.5 Å². The maximum atomic E-state index is 12.8. The molecular weight excluding hydrogens is 824 g/mol. The lowest BCUT2D eigenvalue weighted by Crippen LogP contribution is -2.64. The fourth-order valence-electron chi connectivity index (χ4n) is 7.26. The molecule has 0 spiro atoms. The van der Waals surface area contributed by atoms with Gasteiger partial charge in [-0.2, -0.15) is 0 Å². The molecule has 0 amide bonds. The van der Waals surface area contributed by atoms with Crippen LogP contribution >= 0.6 is 7.82 Å². The predicted molar refractivity (Wildman–Crippen MR) is 253 cm³/mol. The lowest BCUT2D eigenvalue weighted by molar-refractivity contribution is -0.220. The zero-order valence-electron chi connectivity index (χ0n) is 39.1. The van der Waals surface area contributed by atoms with Crippen LogP contribution < -0.4 is 0 Å². The second kappa shape index (κ2) is 40.3. The van der Waals surface area contributed by atoms with Crippen LogP contribution in [0.25, 0.3) is 0 Å². The van der Waals surface area contributed by atoms with E-state index in [9.17, 15) is 39.8 Å². The van der Waals surface area contributed by atoms with Gasteiger partial charge in [0.1, 0.15) is 42.7 Å². The van der Waals surface area contributed by atoms with Gasteiger partial charge in [0.15, 0.2) is 0 Å². The van der Waals surface area contributed by atoms with E-state index in [2.05, 4.69) is 74.6 Å². The molecule has 6 N–H and O–H groups in total. The summed E-state index contributed by atoms with van der Waals surface area (Å²) in [6.45, 7) is 4.10. The largest absolute Gasteiger partial charge is 0.472 e. The third-order valence-corrected chi connectivity index (χ3v) is 12.1. The molecule has 0 aliphatic heterocycles. The molecule has 0 radical (unpaired) electrons. The Hall–Kier alpha value is -1.96. The number of hydrogen-bond acceptors (Lipinski definition) is 11. The number of hydrogen-bond donors (Lipinski definition) is 6. The molecule has 1 aliphatic rings. The first-order valence-corrected chi connectivity index (χ1v) is 26.1. The second-order valence-electron chi connectivity index (χ2n) is 16.9. The van der Waals surface area contributed by atoms with Gasteiger partial charge in [0.25, 0.3) is 0 Å². The topological polar surface area (TPSA) is 192 Å². The second-order valence-corrected chi connectivity index (χ2v) is 18.3. The van der Waals surface area contributed by atoms with Crippen LogP contribution in [-0.2, 0) is 27.9 Å². The van der Waals surface area contributed by atoms with Gasteiger partial charge in [-0.1, -0.05) is 184 Å². The predicted octanol–water partition coefficient (Wildman–Crippen LogP) is 10.6. The fraction of sp³-hybridized carbons (Fsp3) is 0.780. The number of unbranched alkanes of at least 4 members (excludes halogenated alkanes) is 19. The molecule has 12 nitrogen and oxygen atoms in total. The average Bonchev–Trinajstić information content (AvgIpc) is 3.27. The first-order valence-electron chi connectivity index (χ1n) is 24.6. The number of ether oxygens (including phenoxy) is 2. The van der Waals surface area contributed by atoms with Gasteiger partial charge in [0.05, 0.1) is 13.2 Å². The van der Waals surface area contributed by atoms with Crippen LogP contribution in [0.15, 0.2) is 60.8 Å². The molecular formula is C50H89O12P. The Bertz CT molecular complexity index is 1270. The zero-order valence-corrected chi connectivity index (χ0v) is 40.0. The summed E-state index contributed by atoms with van der Waals surface area (Å²) in [7, 11) is -5.03. The molecule has 1 fully saturated rings. The van der Waals surface area contributed by atoms with Crippen molar-refractivity contribution in [2.45, 2.75) is 230 Å². The summed E-state index contributed by atoms with van der Waals surface area (Å²) in [5, 5.41) is 50.2. The maximum absolute atomic E-state index is 12.8. The number of phosphoric acid groups is 1. The summed E-state index contributed by atoms with van der Waals surface area (Å²) in [5.74, 6) is -0.486. The Morgan fingerprint density at radius 2 is 0.937 bits per heavy atom. The average molecular weight is 913 g/mol. The Labute approximate surface area is 381 Å². The summed E-state index contributed by atoms with van der Waals surface area (Å²) in [6, 6.07) is 0. The molecule has 6 atom stereocenters. The first-order chi connectivity index (χ1) is 30.5. The van der Waals surface area contributed by atoms with E-state index in [1.54, 1.807) is 0 Å². The first kappa shape index (κ1) is 59.1. The summed E-state index contributed by atoms with van der Waals surface area (Å²) in [5.41, 5.74) is 0. The smallest absolute Gasteiger partial charge is 0.457 e. The third-order valence-electron chi connectivity index (χ3n) is 11.2. The third kappa shape index (κ3) is 32.4. The van der Waals surface area contributed by atoms with Crippen LogP contribution in [0.2, 0.25) is 0 Å². The van der Waals surface area contributed by atoms with Crippen molar-refractivity contribution in [2.24, 2.45) is 0 Å². The molecule has 1 saturated carbocycles. The van der Waals surface area contributed by atoms with Crippen molar-refractivity contribution >= 4 is 13.8 Å². The summed E-state index contributed by atoms with van der Waals surface area (Å²) in [6.07, 6.45) is 38.5. The Morgan fingerprint density at radius 1 is 0.524 bits per heavy atom. The summed E-state index contributed by atoms with van der Waals surface area (Å²) >= 11 is 0. The molecule has 6 unspecified atom stereocenters. The fourth-order valence-corrected chi connectivity index (χ4v) is 8.24. The van der Waals surface area contributed by atoms with E-state index in [-0.39, 0.29) is 13.0 Å². The Kier molecular flexibility index (Phi) is 37.8. The molecule has 0 aromatic carbocycles. The van der Waals surface area contributed by atoms with Gasteiger partial charge in [-0.05, 0) is 57.8 Å². The van der Waals surface area contributed by atoms with E-state index in [0.717, 1.165) is 83.5 Å². The number of aliphatic hydroxyl groups is 5. The highest BCUT2D eigenvalue weighted by molar-refractivity contribution is 7.47. The minimum atomic E-state index is -5.03. The van der Waals surface area contributed by atoms with E-state index < -0.39 is 63.1 Å². The Morgan fingerprint density at radius 3 is 1.43 bits per heavy atom. The molecule has 366 valence electrons. The van der Waals surface area contributed by atoms with Crippen molar-refractivity contribution in [3.05, 3.63) is 60.8 Å². The number of carbonyl (C=O) groups is 1. The maximum Gasteiger partial charge on any atom is 0.472 e. The number of phosphoric ester groups is 1. The van der Waals surface area contributed by atoms with Crippen LogP contribution in [-0.4, -0.2) is 98.9 Å². The number of esters is 1. The van der Waals surface area contributed by atoms with Crippen LogP contribution in [0.5, 0.6) is 0 Å². The van der Waals surface area contributed by atoms with Gasteiger partial charge in [-0.15, -0.1) is 0 Å². The van der Waals surface area contributed by atoms with Gasteiger partial charge in [-0.25, -0.2) is 4.57 Å². The normalized spacial score (nSPS) is 22.3. The van der Waals surface area contributed by atoms with Crippen molar-refractivity contribution < 1.29 is 58.3 Å². The highest BCUT2D eigenvalue weighted by Gasteiger charge is 2.51. The van der Waals surface area contributed by atoms with Crippen molar-refractivity contribution in [2.75, 3.05) is 19.8 Å². The number of carbonyl (C=O) groups excluding carboxylic acids is 1. The number of aliphatic hydroxyl groups excluding tert-OH is 5. The number of rotatable bonds is 41. The van der Waals surface area contributed by atoms with Crippen LogP contribution in [0.4, 0.5) is 0 Å². The SMILES string of the molecule is CC/C=C\C/C=C\C/C=C\C/C=C\C/C=C\CCCCCCOCC(COP(=O)(O)OC1C(O)C(O)C(O)C(O)C1O)OC(=O)CCCCCCCCCCCCCCCCCC. The highest BCUT2D eigenvalue weighted by Crippen LogP contribution is 2.47. The van der Waals surface area contributed by atoms with Crippen molar-refractivity contribution in [1.82, 2.24) is 0 Å². The van der Waals surface area contributed by atoms with Crippen molar-refractivity contribution in [3.63, 3.8) is 0 Å². The zero-order chi connectivity index (χ0) is 46.2. The van der Waals surface area contributed by atoms with Crippen molar-refractivity contribution in [1.29, 1.82) is 0 Å². The van der Waals surface area contributed by atoms with Gasteiger partial charge in [0.2, 0.25) is 0 Å². The molecule has 1 aliphatic carbocycles. The van der Waals surface area contributed by atoms with E-state index in [1.165, 1.54) is 77.0 Å². The molecule has 0 aromatic heterocycles. The van der Waals surface area contributed by atoms with Gasteiger partial charge in [0, 0.05) is 13.0 Å². The van der Waals surface area contributed by atoms with Crippen LogP contribution in [0.1, 0.15) is 187 Å². The molecule has 0 aromatic rings.